The van der Waals surface area contributed by atoms with Crippen molar-refractivity contribution in [2.24, 2.45) is 0 Å². The number of aryl methyl sites for hydroxylation is 2. The first-order valence-electron chi connectivity index (χ1n) is 6.98. The van der Waals surface area contributed by atoms with Crippen molar-refractivity contribution in [3.8, 4) is 5.75 Å². The lowest BCUT2D eigenvalue weighted by atomic mass is 10.0. The zero-order chi connectivity index (χ0) is 15.2. The van der Waals surface area contributed by atoms with E-state index in [-0.39, 0.29) is 5.78 Å². The van der Waals surface area contributed by atoms with Crippen LogP contribution in [0.3, 0.4) is 0 Å². The Balaban J connectivity index is 2.17. The van der Waals surface area contributed by atoms with Gasteiger partial charge in [-0.3, -0.25) is 4.79 Å². The molecule has 0 atom stereocenters. The number of carbonyl (C=O) groups excluding carboxylic acids is 1. The van der Waals surface area contributed by atoms with Crippen LogP contribution >= 0.6 is 11.6 Å². The van der Waals surface area contributed by atoms with E-state index in [4.69, 9.17) is 16.3 Å². The molecule has 0 saturated carbocycles. The molecule has 0 aliphatic heterocycles. The van der Waals surface area contributed by atoms with E-state index in [1.165, 1.54) is 5.56 Å². The van der Waals surface area contributed by atoms with Crippen molar-refractivity contribution < 1.29 is 9.53 Å². The van der Waals surface area contributed by atoms with Gasteiger partial charge in [0, 0.05) is 12.3 Å². The van der Waals surface area contributed by atoms with Gasteiger partial charge in [0.1, 0.15) is 12.4 Å². The molecule has 2 aromatic carbocycles. The van der Waals surface area contributed by atoms with E-state index in [0.29, 0.717) is 30.2 Å². The third-order valence-corrected chi connectivity index (χ3v) is 3.42. The Bertz CT molecular complexity index is 635. The lowest BCUT2D eigenvalue weighted by Crippen LogP contribution is -2.05. The molecule has 2 rings (SSSR count). The number of ketones is 1. The number of ether oxygens (including phenoxy) is 1. The highest BCUT2D eigenvalue weighted by molar-refractivity contribution is 6.19. The van der Waals surface area contributed by atoms with Crippen LogP contribution in [0.15, 0.2) is 42.5 Å². The first-order chi connectivity index (χ1) is 10.1. The number of hydrogen-bond donors (Lipinski definition) is 0. The van der Waals surface area contributed by atoms with Gasteiger partial charge in [-0.25, -0.2) is 0 Å². The molecule has 0 bridgehead atoms. The maximum Gasteiger partial charge on any atom is 0.167 e. The summed E-state index contributed by atoms with van der Waals surface area (Å²) in [5.41, 5.74) is 3.93. The summed E-state index contributed by atoms with van der Waals surface area (Å²) in [4.78, 5) is 12.1. The number of benzene rings is 2. The summed E-state index contributed by atoms with van der Waals surface area (Å²) in [7, 11) is 0. The predicted molar refractivity (Wildman–Crippen MR) is 86.4 cm³/mol. The number of alkyl halides is 1. The van der Waals surface area contributed by atoms with E-state index in [9.17, 15) is 4.79 Å². The average molecular weight is 303 g/mol. The van der Waals surface area contributed by atoms with E-state index < -0.39 is 0 Å². The lowest BCUT2D eigenvalue weighted by molar-refractivity contribution is 0.0984. The highest BCUT2D eigenvalue weighted by Crippen LogP contribution is 2.23. The minimum atomic E-state index is 0.0212. The quantitative estimate of drug-likeness (QED) is 0.571. The largest absolute Gasteiger partial charge is 0.488 e. The molecule has 0 radical (unpaired) electrons. The zero-order valence-electron chi connectivity index (χ0n) is 12.4. The normalized spacial score (nSPS) is 10.4. The molecule has 0 spiro atoms. The third-order valence-electron chi connectivity index (χ3n) is 3.23. The third kappa shape index (κ3) is 4.33. The van der Waals surface area contributed by atoms with Gasteiger partial charge in [-0.05, 0) is 31.5 Å². The van der Waals surface area contributed by atoms with Gasteiger partial charge >= 0.3 is 0 Å². The standard InChI is InChI=1S/C18H19ClO2/c1-13-4-3-5-15(10-13)12-21-18-7-6-14(2)11-16(18)17(20)8-9-19/h3-7,10-11H,8-9,12H2,1-2H3. The van der Waals surface area contributed by atoms with Crippen molar-refractivity contribution in [2.75, 3.05) is 5.88 Å². The van der Waals surface area contributed by atoms with Crippen molar-refractivity contribution in [1.82, 2.24) is 0 Å². The first-order valence-corrected chi connectivity index (χ1v) is 7.52. The Kier molecular flexibility index (Phi) is 5.40. The number of Topliss-reactive ketones (excluding diaryl/α,β-unsaturated/α-hetero) is 1. The zero-order valence-corrected chi connectivity index (χ0v) is 13.1. The fourth-order valence-corrected chi connectivity index (χ4v) is 2.34. The minimum Gasteiger partial charge on any atom is -0.488 e. The van der Waals surface area contributed by atoms with Gasteiger partial charge in [-0.1, -0.05) is 41.5 Å². The van der Waals surface area contributed by atoms with E-state index in [0.717, 1.165) is 11.1 Å². The van der Waals surface area contributed by atoms with Crippen molar-refractivity contribution in [3.63, 3.8) is 0 Å². The molecule has 0 fully saturated rings. The van der Waals surface area contributed by atoms with Crippen LogP contribution < -0.4 is 4.74 Å². The molecular weight excluding hydrogens is 284 g/mol. The van der Waals surface area contributed by atoms with Crippen LogP contribution in [-0.4, -0.2) is 11.7 Å². The topological polar surface area (TPSA) is 26.3 Å². The summed E-state index contributed by atoms with van der Waals surface area (Å²) < 4.78 is 5.84. The highest BCUT2D eigenvalue weighted by atomic mass is 35.5. The number of hydrogen-bond acceptors (Lipinski definition) is 2. The van der Waals surface area contributed by atoms with E-state index in [1.807, 2.05) is 50.2 Å². The van der Waals surface area contributed by atoms with E-state index >= 15 is 0 Å². The molecule has 0 aromatic heterocycles. The van der Waals surface area contributed by atoms with Crippen LogP contribution in [0.4, 0.5) is 0 Å². The maximum atomic E-state index is 12.1. The second kappa shape index (κ2) is 7.28. The smallest absolute Gasteiger partial charge is 0.167 e. The van der Waals surface area contributed by atoms with Crippen molar-refractivity contribution in [2.45, 2.75) is 26.9 Å². The molecule has 2 nitrogen and oxygen atoms in total. The second-order valence-corrected chi connectivity index (χ2v) is 5.52. The fourth-order valence-electron chi connectivity index (χ4n) is 2.17. The Morgan fingerprint density at radius 2 is 1.86 bits per heavy atom. The molecular formula is C18H19ClO2. The molecule has 110 valence electrons. The van der Waals surface area contributed by atoms with Crippen LogP contribution in [-0.2, 0) is 6.61 Å². The molecule has 0 aliphatic carbocycles. The summed E-state index contributed by atoms with van der Waals surface area (Å²) in [5, 5.41) is 0. The summed E-state index contributed by atoms with van der Waals surface area (Å²) in [5.74, 6) is 0.967. The molecule has 21 heavy (non-hydrogen) atoms. The van der Waals surface area contributed by atoms with Gasteiger partial charge in [-0.2, -0.15) is 0 Å². The van der Waals surface area contributed by atoms with Crippen LogP contribution in [0.5, 0.6) is 5.75 Å². The van der Waals surface area contributed by atoms with Crippen molar-refractivity contribution in [1.29, 1.82) is 0 Å². The van der Waals surface area contributed by atoms with Crippen LogP contribution in [0, 0.1) is 13.8 Å². The number of carbonyl (C=O) groups is 1. The van der Waals surface area contributed by atoms with Crippen molar-refractivity contribution in [3.05, 3.63) is 64.7 Å². The minimum absolute atomic E-state index is 0.0212. The molecule has 0 saturated heterocycles. The van der Waals surface area contributed by atoms with Gasteiger partial charge in [0.05, 0.1) is 5.56 Å². The van der Waals surface area contributed by atoms with E-state index in [1.54, 1.807) is 0 Å². The second-order valence-electron chi connectivity index (χ2n) is 5.14. The molecule has 0 N–H and O–H groups in total. The van der Waals surface area contributed by atoms with Gasteiger partial charge in [0.2, 0.25) is 0 Å². The maximum absolute atomic E-state index is 12.1. The van der Waals surface area contributed by atoms with Crippen LogP contribution in [0.2, 0.25) is 0 Å². The van der Waals surface area contributed by atoms with Gasteiger partial charge in [-0.15, -0.1) is 11.6 Å². The molecule has 0 unspecified atom stereocenters. The van der Waals surface area contributed by atoms with Gasteiger partial charge in [0.15, 0.2) is 5.78 Å². The van der Waals surface area contributed by atoms with Crippen molar-refractivity contribution >= 4 is 17.4 Å². The van der Waals surface area contributed by atoms with Gasteiger partial charge < -0.3 is 4.74 Å². The number of halogens is 1. The fraction of sp³-hybridized carbons (Fsp3) is 0.278. The van der Waals surface area contributed by atoms with E-state index in [2.05, 4.69) is 6.07 Å². The Morgan fingerprint density at radius 1 is 1.10 bits per heavy atom. The Morgan fingerprint density at radius 3 is 2.57 bits per heavy atom. The first kappa shape index (κ1) is 15.6. The Hall–Kier alpha value is -1.80. The summed E-state index contributed by atoms with van der Waals surface area (Å²) in [6.07, 6.45) is 0.325. The molecule has 0 heterocycles. The Labute approximate surface area is 130 Å². The predicted octanol–water partition coefficient (Wildman–Crippen LogP) is 4.69. The monoisotopic (exact) mass is 302 g/mol. The average Bonchev–Trinajstić information content (AvgIpc) is 2.46. The summed E-state index contributed by atoms with van der Waals surface area (Å²) in [6.45, 7) is 4.46. The summed E-state index contributed by atoms with van der Waals surface area (Å²) >= 11 is 5.67. The molecule has 2 aromatic rings. The lowest BCUT2D eigenvalue weighted by Gasteiger charge is -2.12. The number of rotatable bonds is 6. The molecule has 0 aliphatic rings. The highest BCUT2D eigenvalue weighted by Gasteiger charge is 2.12. The van der Waals surface area contributed by atoms with Crippen LogP contribution in [0.25, 0.3) is 0 Å². The SMILES string of the molecule is Cc1cccc(COc2ccc(C)cc2C(=O)CCCl)c1. The van der Waals surface area contributed by atoms with Gasteiger partial charge in [0.25, 0.3) is 0 Å². The van der Waals surface area contributed by atoms with Crippen LogP contribution in [0.1, 0.15) is 33.5 Å². The molecule has 0 amide bonds. The summed E-state index contributed by atoms with van der Waals surface area (Å²) in [6, 6.07) is 13.8. The molecule has 3 heteroatoms.